The van der Waals surface area contributed by atoms with E-state index in [4.69, 9.17) is 30.8 Å². The molecular formula is C35H36ClF3N6O4S. The molecule has 2 atom stereocenters. The summed E-state index contributed by atoms with van der Waals surface area (Å²) in [5.74, 6) is -1.06. The van der Waals surface area contributed by atoms with E-state index in [0.717, 1.165) is 36.8 Å². The minimum atomic E-state index is -0.950. The number of amides is 1. The van der Waals surface area contributed by atoms with Crippen LogP contribution in [0.2, 0.25) is 5.02 Å². The van der Waals surface area contributed by atoms with Crippen molar-refractivity contribution in [1.82, 2.24) is 14.9 Å². The van der Waals surface area contributed by atoms with Crippen molar-refractivity contribution in [3.8, 4) is 23.2 Å². The fourth-order valence-corrected chi connectivity index (χ4v) is 8.65. The number of hydrogen-bond donors (Lipinski definition) is 1. The Kier molecular flexibility index (Phi) is 9.21. The lowest BCUT2D eigenvalue weighted by molar-refractivity contribution is 0.0636. The van der Waals surface area contributed by atoms with Crippen molar-refractivity contribution in [2.75, 3.05) is 56.2 Å². The molecule has 1 N–H and O–H groups in total. The summed E-state index contributed by atoms with van der Waals surface area (Å²) in [6.45, 7) is 8.43. The van der Waals surface area contributed by atoms with E-state index in [2.05, 4.69) is 15.2 Å². The van der Waals surface area contributed by atoms with Crippen LogP contribution in [0.25, 0.3) is 32.1 Å². The van der Waals surface area contributed by atoms with Gasteiger partial charge in [0.05, 0.1) is 27.4 Å². The summed E-state index contributed by atoms with van der Waals surface area (Å²) in [7, 11) is 0. The number of alkyl halides is 1. The molecule has 0 aliphatic carbocycles. The van der Waals surface area contributed by atoms with Crippen molar-refractivity contribution in [3.05, 3.63) is 40.4 Å². The van der Waals surface area contributed by atoms with Gasteiger partial charge in [-0.25, -0.2) is 18.0 Å². The van der Waals surface area contributed by atoms with Crippen molar-refractivity contribution in [2.45, 2.75) is 63.8 Å². The van der Waals surface area contributed by atoms with Crippen molar-refractivity contribution in [2.24, 2.45) is 0 Å². The van der Waals surface area contributed by atoms with Crippen LogP contribution in [0.1, 0.15) is 52.0 Å². The van der Waals surface area contributed by atoms with Crippen LogP contribution in [0.3, 0.4) is 0 Å². The number of hydrogen-bond acceptors (Lipinski definition) is 10. The van der Waals surface area contributed by atoms with Gasteiger partial charge in [-0.3, -0.25) is 10.2 Å². The zero-order chi connectivity index (χ0) is 35.4. The smallest absolute Gasteiger partial charge is 0.412 e. The van der Waals surface area contributed by atoms with Crippen LogP contribution in [0, 0.1) is 23.0 Å². The molecule has 264 valence electrons. The SMILES string of the molecule is CC(C)(C)OC(=O)Nc1sc2c(F)ccc(-c3c(Cl)cc4c(N5CCCOCC5)nc(OC[C@@]56CCCN5C[C@H](F)C6)nc4c3F)c2c1C#N. The van der Waals surface area contributed by atoms with Crippen LogP contribution in [0.15, 0.2) is 18.2 Å². The molecule has 3 saturated heterocycles. The van der Waals surface area contributed by atoms with E-state index in [9.17, 15) is 14.4 Å². The molecule has 2 aromatic heterocycles. The minimum Gasteiger partial charge on any atom is -0.461 e. The maximum atomic E-state index is 17.1. The molecule has 15 heteroatoms. The number of ether oxygens (including phenoxy) is 3. The second-order valence-corrected chi connectivity index (χ2v) is 15.4. The monoisotopic (exact) mass is 728 g/mol. The summed E-state index contributed by atoms with van der Waals surface area (Å²) in [4.78, 5) is 26.0. The maximum absolute atomic E-state index is 17.1. The van der Waals surface area contributed by atoms with E-state index in [0.29, 0.717) is 56.9 Å². The van der Waals surface area contributed by atoms with E-state index in [1.165, 1.54) is 6.07 Å². The molecule has 2 aromatic carbocycles. The number of nitrogens with one attached hydrogen (secondary N) is 1. The van der Waals surface area contributed by atoms with E-state index in [1.54, 1.807) is 26.8 Å². The fourth-order valence-electron chi connectivity index (χ4n) is 7.29. The number of aromatic nitrogens is 2. The van der Waals surface area contributed by atoms with Gasteiger partial charge in [-0.15, -0.1) is 11.3 Å². The molecule has 5 heterocycles. The zero-order valence-corrected chi connectivity index (χ0v) is 29.4. The van der Waals surface area contributed by atoms with Gasteiger partial charge in [0.15, 0.2) is 5.82 Å². The number of nitrogens with zero attached hydrogens (tertiary/aromatic N) is 5. The number of halogens is 4. The predicted molar refractivity (Wildman–Crippen MR) is 186 cm³/mol. The lowest BCUT2D eigenvalue weighted by Crippen LogP contribution is -2.43. The summed E-state index contributed by atoms with van der Waals surface area (Å²) in [6.07, 6.45) is 0.992. The average Bonchev–Trinajstić information content (AvgIpc) is 3.61. The van der Waals surface area contributed by atoms with Gasteiger partial charge in [0.2, 0.25) is 0 Å². The quantitative estimate of drug-likeness (QED) is 0.212. The molecule has 0 saturated carbocycles. The standard InChI is InChI=1S/C35H36ClF3N6O4S/c1-34(2,3)49-33(46)43-31-22(16-40)25-20(6-7-24(38)29(25)50-31)26-23(36)14-21-28(27(26)39)41-32(42-30(21)44-9-5-12-47-13-11-44)48-18-35-8-4-10-45(35)17-19(37)15-35/h6-7,14,19H,4-5,8-13,15,17-18H2,1-3H3,(H,43,46)/t19-,35+/m1/s1. The molecule has 0 spiro atoms. The Morgan fingerprint density at radius 3 is 2.82 bits per heavy atom. The van der Waals surface area contributed by atoms with Crippen LogP contribution in [0.5, 0.6) is 6.01 Å². The summed E-state index contributed by atoms with van der Waals surface area (Å²) in [5.41, 5.74) is -1.41. The van der Waals surface area contributed by atoms with Gasteiger partial charge in [-0.2, -0.15) is 15.2 Å². The third kappa shape index (κ3) is 6.40. The minimum absolute atomic E-state index is 0.00957. The Morgan fingerprint density at radius 1 is 1.22 bits per heavy atom. The van der Waals surface area contributed by atoms with E-state index in [-0.39, 0.29) is 54.9 Å². The number of fused-ring (bicyclic) bond motifs is 3. The normalized spacial score (nSPS) is 21.3. The lowest BCUT2D eigenvalue weighted by Gasteiger charge is -2.31. The summed E-state index contributed by atoms with van der Waals surface area (Å²) < 4.78 is 64.1. The molecule has 3 aliphatic heterocycles. The van der Waals surface area contributed by atoms with Gasteiger partial charge >= 0.3 is 12.1 Å². The van der Waals surface area contributed by atoms with Crippen molar-refractivity contribution < 1.29 is 32.2 Å². The predicted octanol–water partition coefficient (Wildman–Crippen LogP) is 7.84. The number of rotatable bonds is 6. The van der Waals surface area contributed by atoms with Gasteiger partial charge in [0.25, 0.3) is 0 Å². The van der Waals surface area contributed by atoms with Gasteiger partial charge in [0, 0.05) is 49.0 Å². The highest BCUT2D eigenvalue weighted by molar-refractivity contribution is 7.23. The molecule has 4 aromatic rings. The topological polar surface area (TPSA) is 113 Å². The first-order valence-corrected chi connectivity index (χ1v) is 17.8. The van der Waals surface area contributed by atoms with E-state index < -0.39 is 35.0 Å². The lowest BCUT2D eigenvalue weighted by atomic mass is 9.95. The first-order valence-electron chi connectivity index (χ1n) is 16.6. The Hall–Kier alpha value is -3.90. The molecule has 1 amide bonds. The van der Waals surface area contributed by atoms with Crippen LogP contribution < -0.4 is 15.0 Å². The first kappa shape index (κ1) is 34.5. The molecule has 7 rings (SSSR count). The fraction of sp³-hybridized carbons (Fsp3) is 0.486. The summed E-state index contributed by atoms with van der Waals surface area (Å²) in [5, 5.41) is 13.2. The number of carbonyl (C=O) groups excluding carboxylic acids is 1. The third-order valence-corrected chi connectivity index (χ3v) is 10.8. The number of thiophene rings is 1. The Morgan fingerprint density at radius 2 is 2.04 bits per heavy atom. The first-order chi connectivity index (χ1) is 23.9. The van der Waals surface area contributed by atoms with Crippen molar-refractivity contribution in [3.63, 3.8) is 0 Å². The Labute approximate surface area is 296 Å². The van der Waals surface area contributed by atoms with Crippen molar-refractivity contribution >= 4 is 60.8 Å². The van der Waals surface area contributed by atoms with Gasteiger partial charge in [-0.05, 0) is 64.3 Å². The molecular weight excluding hydrogens is 693 g/mol. The van der Waals surface area contributed by atoms with Crippen LogP contribution in [0.4, 0.5) is 28.8 Å². The molecule has 0 bridgehead atoms. The highest BCUT2D eigenvalue weighted by Gasteiger charge is 2.49. The number of carbonyl (C=O) groups is 1. The van der Waals surface area contributed by atoms with Gasteiger partial charge < -0.3 is 19.1 Å². The van der Waals surface area contributed by atoms with Crippen LogP contribution in [-0.2, 0) is 9.47 Å². The maximum Gasteiger partial charge on any atom is 0.412 e. The average molecular weight is 729 g/mol. The molecule has 10 nitrogen and oxygen atoms in total. The molecule has 0 radical (unpaired) electrons. The third-order valence-electron chi connectivity index (χ3n) is 9.38. The van der Waals surface area contributed by atoms with Gasteiger partial charge in [-0.1, -0.05) is 17.7 Å². The second-order valence-electron chi connectivity index (χ2n) is 13.9. The second kappa shape index (κ2) is 13.3. The van der Waals surface area contributed by atoms with Crippen molar-refractivity contribution in [1.29, 1.82) is 5.26 Å². The molecule has 0 unspecified atom stereocenters. The largest absolute Gasteiger partial charge is 0.461 e. The highest BCUT2D eigenvalue weighted by Crippen LogP contribution is 2.47. The van der Waals surface area contributed by atoms with Crippen LogP contribution in [-0.4, -0.2) is 84.3 Å². The van der Waals surface area contributed by atoms with Gasteiger partial charge in [0.1, 0.15) is 46.6 Å². The number of benzene rings is 2. The zero-order valence-electron chi connectivity index (χ0n) is 27.9. The molecule has 50 heavy (non-hydrogen) atoms. The Bertz CT molecular complexity index is 2030. The Balaban J connectivity index is 1.36. The highest BCUT2D eigenvalue weighted by atomic mass is 35.5. The number of anilines is 2. The van der Waals surface area contributed by atoms with E-state index >= 15 is 8.78 Å². The van der Waals surface area contributed by atoms with Crippen LogP contribution >= 0.6 is 22.9 Å². The summed E-state index contributed by atoms with van der Waals surface area (Å²) in [6, 6.07) is 6.07. The molecule has 3 aliphatic rings. The van der Waals surface area contributed by atoms with E-state index in [1.807, 2.05) is 11.0 Å². The summed E-state index contributed by atoms with van der Waals surface area (Å²) >= 11 is 7.71. The number of nitriles is 1. The molecule has 3 fully saturated rings.